The molecule has 81 heavy (non-hydrogen) atoms. The maximum atomic E-state index is 13.9. The van der Waals surface area contributed by atoms with Gasteiger partial charge in [0.2, 0.25) is 28.5 Å². The Hall–Kier alpha value is -8.36. The Balaban J connectivity index is 0.000000216. The average Bonchev–Trinajstić information content (AvgIpc) is 0.731. The van der Waals surface area contributed by atoms with Gasteiger partial charge in [-0.15, -0.1) is 13.2 Å². The van der Waals surface area contributed by atoms with Crippen molar-refractivity contribution in [2.45, 2.75) is 89.6 Å². The molecule has 0 saturated heterocycles. The van der Waals surface area contributed by atoms with Crippen LogP contribution in [0.15, 0.2) is 176 Å². The average molecular weight is 1110 g/mol. The highest BCUT2D eigenvalue weighted by Crippen LogP contribution is 2.26. The molecule has 5 aromatic carbocycles. The van der Waals surface area contributed by atoms with Crippen molar-refractivity contribution in [1.29, 1.82) is 0 Å². The summed E-state index contributed by atoms with van der Waals surface area (Å²) in [5, 5.41) is 0. The lowest BCUT2D eigenvalue weighted by atomic mass is 10.0. The zero-order valence-corrected chi connectivity index (χ0v) is 47.8. The van der Waals surface area contributed by atoms with Crippen LogP contribution in [0.25, 0.3) is 56.3 Å². The molecule has 0 bridgehead atoms. The van der Waals surface area contributed by atoms with Crippen molar-refractivity contribution in [2.75, 3.05) is 0 Å². The Morgan fingerprint density at radius 3 is 1.31 bits per heavy atom. The minimum absolute atomic E-state index is 0.00309. The Labute approximate surface area is 518 Å². The number of hydrogen-bond acceptors (Lipinski definition) is 0. The Kier molecular flexibility index (Phi) is 11.9. The summed E-state index contributed by atoms with van der Waals surface area (Å²) in [6, 6.07) is 29.0. The molecule has 0 N–H and O–H groups in total. The van der Waals surface area contributed by atoms with E-state index < -0.39 is 129 Å². The Morgan fingerprint density at radius 2 is 0.802 bits per heavy atom. The maximum absolute atomic E-state index is 13.9. The number of nitrogens with zero attached hydrogens (tertiary/aromatic N) is 5. The van der Waals surface area contributed by atoms with Gasteiger partial charge in [-0.25, -0.2) is 9.13 Å². The monoisotopic (exact) mass is 1110 g/mol. The van der Waals surface area contributed by atoms with E-state index in [1.165, 1.54) is 45.1 Å². The predicted octanol–water partition coefficient (Wildman–Crippen LogP) is 15.3. The van der Waals surface area contributed by atoms with Crippen LogP contribution in [0.4, 0.5) is 13.2 Å². The molecule has 0 aliphatic rings. The summed E-state index contributed by atoms with van der Waals surface area (Å²) in [7, 11) is 7.74. The van der Waals surface area contributed by atoms with E-state index in [4.69, 9.17) is 35.6 Å². The van der Waals surface area contributed by atoms with Crippen LogP contribution in [0.3, 0.4) is 0 Å². The number of aromatic nitrogens is 5. The van der Waals surface area contributed by atoms with E-state index >= 15 is 0 Å². The lowest BCUT2D eigenvalue weighted by Crippen LogP contribution is -2.36. The number of aryl methyl sites for hydroxylation is 6. The molecule has 0 atom stereocenters. The molecule has 0 aliphatic heterocycles. The highest BCUT2D eigenvalue weighted by molar-refractivity contribution is 5.65. The van der Waals surface area contributed by atoms with Crippen LogP contribution in [0.1, 0.15) is 108 Å². The van der Waals surface area contributed by atoms with E-state index in [0.29, 0.717) is 11.1 Å². The zero-order chi connectivity index (χ0) is 81.5. The number of hydrogen-bond donors (Lipinski definition) is 0. The summed E-state index contributed by atoms with van der Waals surface area (Å²) in [4.78, 5) is 0. The molecule has 0 saturated carbocycles. The van der Waals surface area contributed by atoms with Gasteiger partial charge in [0.05, 0.1) is 23.5 Å². The van der Waals surface area contributed by atoms with Crippen molar-refractivity contribution >= 4 is 0 Å². The molecule has 416 valence electrons. The van der Waals surface area contributed by atoms with Crippen LogP contribution in [-0.4, -0.2) is 0 Å². The van der Waals surface area contributed by atoms with Crippen LogP contribution >= 0.6 is 0 Å². The number of rotatable bonds is 5. The van der Waals surface area contributed by atoms with Gasteiger partial charge in [-0.3, -0.25) is 0 Å². The fraction of sp³-hybridized carbons (Fsp3) is 0.247. The summed E-state index contributed by atoms with van der Waals surface area (Å²) < 4.78 is 252. The van der Waals surface area contributed by atoms with Gasteiger partial charge in [-0.1, -0.05) is 89.4 Å². The molecular weight excluding hydrogens is 1000 g/mol. The highest BCUT2D eigenvalue weighted by Gasteiger charge is 2.21. The molecular formula is C73H83F3N5+5. The van der Waals surface area contributed by atoms with E-state index in [9.17, 15) is 13.2 Å². The summed E-state index contributed by atoms with van der Waals surface area (Å²) in [5.74, 6) is -0.584. The maximum Gasteiger partial charge on any atom is 0.362 e. The van der Waals surface area contributed by atoms with Gasteiger partial charge in [0.15, 0.2) is 12.3 Å². The third-order valence-electron chi connectivity index (χ3n) is 13.1. The van der Waals surface area contributed by atoms with Crippen molar-refractivity contribution in [2.24, 2.45) is 35.2 Å². The van der Waals surface area contributed by atoms with Crippen molar-refractivity contribution < 1.29 is 71.6 Å². The van der Waals surface area contributed by atoms with Gasteiger partial charge in [-0.05, 0) is 178 Å². The van der Waals surface area contributed by atoms with Gasteiger partial charge in [0, 0.05) is 95.9 Å². The highest BCUT2D eigenvalue weighted by atomic mass is 19.1. The van der Waals surface area contributed by atoms with Crippen molar-refractivity contribution in [3.05, 3.63) is 266 Å². The second kappa shape index (κ2) is 27.7. The van der Waals surface area contributed by atoms with Crippen LogP contribution in [-0.2, 0) is 35.2 Å². The summed E-state index contributed by atoms with van der Waals surface area (Å²) in [6.45, 7) is -0.154. The molecule has 5 nitrogen and oxygen atoms in total. The molecule has 10 aromatic rings. The van der Waals surface area contributed by atoms with Gasteiger partial charge in [0.1, 0.15) is 38.0 Å². The quantitative estimate of drug-likeness (QED) is 0.121. The largest absolute Gasteiger partial charge is 0.362 e. The third-order valence-corrected chi connectivity index (χ3v) is 13.1. The first-order valence-corrected chi connectivity index (χ1v) is 25.5. The fourth-order valence-electron chi connectivity index (χ4n) is 8.64. The molecule has 0 radical (unpaired) electrons. The first-order chi connectivity index (χ1) is 49.1. The first kappa shape index (κ1) is 34.7. The van der Waals surface area contributed by atoms with Gasteiger partial charge in [0.25, 0.3) is 0 Å². The molecule has 0 spiro atoms. The SMILES string of the molecule is Cc1ccc(-c2ccc(C)c(F)[n+]2C)c(C)c1.Cc1ccccc1-c1ccc(C)c(F)[n+]1C.Cc1ccccc1-c1cccc(F)[n+]1C.[2H]c1c([2H])c(C([2H])([2H])[2H])c([2H])c(C)c1-c1c([2H])c(C([2H])([2H])[2H])c(C([2H])([2H])[2H])c([2H])[n+]1C.[2H]c1c([2H])c(C([2H])([2H])[2H])c([2H])c(C)c1-c1c([2H])c([2H])c(C([2H])([2H])[2H])c([2H])[n+]1C. The van der Waals surface area contributed by atoms with E-state index in [2.05, 4.69) is 32.0 Å². The standard InChI is InChI=1S/C16H20N.C15H17FN.C15H18N.C14H15FN.C13H13FN/c1-11-6-7-15(13(3)8-11)16-9-12(2)14(4)10-17(16)5;1-10-5-7-13(12(3)9-10)14-8-6-11(2)15(16)17(14)4;1-11-5-7-14(13(3)9-11)15-8-6-12(2)10-16(15)4;1-10-6-4-5-7-12(10)13-9-8-11(2)14(15)16(13)3;1-10-6-3-4-7-11(10)12-8-5-9-13(14)15(12)2/h6-10H,1-5H3;5-9H,1-4H3;5-10H,1-4H3;4-9H,1-3H3;3-9H,1-2H3/q5*+1/i1D3,2D3,4D3,6D,7D,8D,9D,10D;;1D3,2D3,5D,6D,7D,8D,9D,10D;;. The van der Waals surface area contributed by atoms with Crippen LogP contribution in [0.2, 0.25) is 0 Å². The zero-order valence-electron chi connectivity index (χ0n) is 73.8. The van der Waals surface area contributed by atoms with E-state index in [1.54, 1.807) is 54.8 Å². The van der Waals surface area contributed by atoms with Crippen LogP contribution < -0.4 is 22.8 Å². The molecule has 0 amide bonds. The molecule has 8 heteroatoms. The fourth-order valence-corrected chi connectivity index (χ4v) is 8.64. The number of halogens is 3. The first-order valence-electron chi connectivity index (χ1n) is 38.5. The van der Waals surface area contributed by atoms with E-state index in [1.807, 2.05) is 92.7 Å². The topological polar surface area (TPSA) is 19.4 Å². The summed E-state index contributed by atoms with van der Waals surface area (Å²) in [6.07, 6.45) is -1.29. The van der Waals surface area contributed by atoms with Crippen molar-refractivity contribution in [3.63, 3.8) is 0 Å². The van der Waals surface area contributed by atoms with Crippen molar-refractivity contribution in [3.8, 4) is 56.3 Å². The smallest absolute Gasteiger partial charge is 0.201 e. The van der Waals surface area contributed by atoms with Gasteiger partial charge in [-0.2, -0.15) is 13.7 Å². The van der Waals surface area contributed by atoms with Gasteiger partial charge < -0.3 is 0 Å². The lowest BCUT2D eigenvalue weighted by Gasteiger charge is -2.07. The predicted molar refractivity (Wildman–Crippen MR) is 327 cm³/mol. The molecule has 0 aliphatic carbocycles. The molecule has 5 heterocycles. The van der Waals surface area contributed by atoms with E-state index in [-0.39, 0.29) is 51.5 Å². The van der Waals surface area contributed by atoms with Crippen LogP contribution in [0, 0.1) is 107 Å². The minimum atomic E-state index is -3.08. The molecule has 0 unspecified atom stereocenters. The second-order valence-electron chi connectivity index (χ2n) is 19.3. The minimum Gasteiger partial charge on any atom is -0.201 e. The van der Waals surface area contributed by atoms with Gasteiger partial charge >= 0.3 is 17.8 Å². The van der Waals surface area contributed by atoms with Crippen molar-refractivity contribution in [1.82, 2.24) is 0 Å². The van der Waals surface area contributed by atoms with Crippen LogP contribution in [0.5, 0.6) is 0 Å². The summed E-state index contributed by atoms with van der Waals surface area (Å²) >= 11 is 0. The summed E-state index contributed by atoms with van der Waals surface area (Å²) in [5.41, 5.74) is 7.31. The Bertz CT molecular complexity index is 4920. The molecule has 0 fully saturated rings. The number of pyridine rings is 5. The number of benzene rings is 5. The van der Waals surface area contributed by atoms with E-state index in [0.717, 1.165) is 54.0 Å². The molecule has 5 aromatic heterocycles. The third kappa shape index (κ3) is 15.5. The lowest BCUT2D eigenvalue weighted by molar-refractivity contribution is -0.690. The molecule has 10 rings (SSSR count). The Morgan fingerprint density at radius 1 is 0.321 bits per heavy atom. The second-order valence-corrected chi connectivity index (χ2v) is 19.3. The normalized spacial score (nSPS) is 16.0.